The summed E-state index contributed by atoms with van der Waals surface area (Å²) in [6.45, 7) is 5.02. The number of rotatable bonds is 8. The van der Waals surface area contributed by atoms with E-state index < -0.39 is 29.4 Å². The van der Waals surface area contributed by atoms with Gasteiger partial charge in [-0.1, -0.05) is 24.8 Å². The van der Waals surface area contributed by atoms with Gasteiger partial charge in [-0.3, -0.25) is 9.36 Å². The zero-order valence-electron chi connectivity index (χ0n) is 18.2. The van der Waals surface area contributed by atoms with E-state index in [2.05, 4.69) is 11.6 Å². The lowest BCUT2D eigenvalue weighted by atomic mass is 10.1. The Hall–Kier alpha value is -4.13. The van der Waals surface area contributed by atoms with Crippen LogP contribution in [0, 0.1) is 18.3 Å². The van der Waals surface area contributed by atoms with Gasteiger partial charge in [-0.05, 0) is 42.3 Å². The lowest BCUT2D eigenvalue weighted by Gasteiger charge is -2.20. The molecule has 0 saturated carbocycles. The smallest absolute Gasteiger partial charge is 0.352 e. The van der Waals surface area contributed by atoms with Crippen molar-refractivity contribution in [2.75, 3.05) is 7.11 Å². The van der Waals surface area contributed by atoms with E-state index in [0.717, 1.165) is 10.9 Å². The Morgan fingerprint density at radius 1 is 1.24 bits per heavy atom. The van der Waals surface area contributed by atoms with Gasteiger partial charge in [0.05, 0.1) is 31.6 Å². The Labute approximate surface area is 192 Å². The predicted molar refractivity (Wildman–Crippen MR) is 117 cm³/mol. The summed E-state index contributed by atoms with van der Waals surface area (Å²) in [5.74, 6) is -5.31. The van der Waals surface area contributed by atoms with Crippen molar-refractivity contribution >= 4 is 6.08 Å². The number of aryl methyl sites for hydroxylation is 1. The average Bonchev–Trinajstić information content (AvgIpc) is 2.82. The topological polar surface area (TPSA) is 77.1 Å². The minimum absolute atomic E-state index is 0.0820. The van der Waals surface area contributed by atoms with Gasteiger partial charge in [0.15, 0.2) is 5.69 Å². The molecule has 10 heteroatoms. The highest BCUT2D eigenvalue weighted by Gasteiger charge is 2.48. The van der Waals surface area contributed by atoms with Crippen molar-refractivity contribution in [2.45, 2.75) is 25.8 Å². The molecule has 0 bridgehead atoms. The van der Waals surface area contributed by atoms with E-state index in [4.69, 9.17) is 14.7 Å². The van der Waals surface area contributed by atoms with Crippen LogP contribution in [0.2, 0.25) is 0 Å². The van der Waals surface area contributed by atoms with Gasteiger partial charge in [-0.2, -0.15) is 14.0 Å². The molecule has 6 nitrogen and oxygen atoms in total. The first kappa shape index (κ1) is 24.5. The van der Waals surface area contributed by atoms with Crippen molar-refractivity contribution in [3.8, 4) is 23.3 Å². The molecular weight excluding hydrogens is 454 g/mol. The van der Waals surface area contributed by atoms with Crippen LogP contribution >= 0.6 is 0 Å². The second-order valence-corrected chi connectivity index (χ2v) is 7.26. The number of aromatic nitrogens is 2. The van der Waals surface area contributed by atoms with E-state index in [9.17, 15) is 22.4 Å². The highest BCUT2D eigenvalue weighted by Crippen LogP contribution is 2.39. The zero-order valence-corrected chi connectivity index (χ0v) is 18.2. The van der Waals surface area contributed by atoms with Gasteiger partial charge < -0.3 is 9.47 Å². The first-order chi connectivity index (χ1) is 16.1. The fourth-order valence-electron chi connectivity index (χ4n) is 3.20. The molecule has 0 aliphatic rings. The molecule has 0 amide bonds. The van der Waals surface area contributed by atoms with Gasteiger partial charge in [0.2, 0.25) is 5.75 Å². The number of nitrogens with zero attached hydrogens (tertiary/aromatic N) is 3. The van der Waals surface area contributed by atoms with Crippen LogP contribution in [0.4, 0.5) is 17.6 Å². The maximum Gasteiger partial charge on any atom is 0.352 e. The molecule has 2 aromatic carbocycles. The maximum atomic E-state index is 14.3. The van der Waals surface area contributed by atoms with Crippen LogP contribution in [-0.2, 0) is 12.5 Å². The first-order valence-electron chi connectivity index (χ1n) is 9.86. The lowest BCUT2D eigenvalue weighted by molar-refractivity contribution is -0.139. The molecule has 0 unspecified atom stereocenters. The number of hydrogen-bond donors (Lipinski definition) is 0. The molecule has 0 radical (unpaired) electrons. The summed E-state index contributed by atoms with van der Waals surface area (Å²) in [5, 5.41) is 9.15. The number of alkyl halides is 4. The molecule has 0 aliphatic carbocycles. The largest absolute Gasteiger partial charge is 0.497 e. The molecule has 3 rings (SSSR count). The Morgan fingerprint density at radius 3 is 2.47 bits per heavy atom. The fourth-order valence-corrected chi connectivity index (χ4v) is 3.20. The minimum atomic E-state index is -4.75. The third-order valence-corrected chi connectivity index (χ3v) is 4.95. The molecule has 1 aromatic heterocycles. The van der Waals surface area contributed by atoms with Gasteiger partial charge >= 0.3 is 12.3 Å². The Morgan fingerprint density at radius 2 is 1.91 bits per heavy atom. The van der Waals surface area contributed by atoms with Gasteiger partial charge in [-0.25, -0.2) is 13.8 Å². The van der Waals surface area contributed by atoms with Crippen LogP contribution in [0.5, 0.6) is 17.2 Å². The number of benzene rings is 2. The van der Waals surface area contributed by atoms with Crippen LogP contribution in [0.1, 0.15) is 27.9 Å². The van der Waals surface area contributed by atoms with E-state index in [1.807, 2.05) is 6.07 Å². The number of methoxy groups -OCH3 is 1. The number of ether oxygens (including phenoxy) is 2. The molecule has 0 N–H and O–H groups in total. The highest BCUT2D eigenvalue weighted by atomic mass is 19.3. The second kappa shape index (κ2) is 9.79. The fraction of sp³-hybridized carbons (Fsp3) is 0.208. The van der Waals surface area contributed by atoms with Gasteiger partial charge in [0.1, 0.15) is 11.5 Å². The number of halogens is 4. The third-order valence-electron chi connectivity index (χ3n) is 4.95. The summed E-state index contributed by atoms with van der Waals surface area (Å²) in [6.07, 6.45) is -2.06. The standard InChI is InChI=1S/C24H19F4N3O3/c1-4-17-10-16(11-29)9-14(2)19(17)34-20-21(24(27,28)23(25)26)30-13-31(22(20)32)12-15-5-7-18(33-3)8-6-15/h4-10,13,23H,1,12H2,2-3H3. The van der Waals surface area contributed by atoms with Crippen molar-refractivity contribution in [2.24, 2.45) is 0 Å². The monoisotopic (exact) mass is 473 g/mol. The third kappa shape index (κ3) is 4.78. The molecule has 3 aromatic rings. The average molecular weight is 473 g/mol. The Kier molecular flexibility index (Phi) is 7.05. The molecule has 176 valence electrons. The zero-order chi connectivity index (χ0) is 25.0. The molecule has 0 fully saturated rings. The maximum absolute atomic E-state index is 14.3. The second-order valence-electron chi connectivity index (χ2n) is 7.26. The highest BCUT2D eigenvalue weighted by molar-refractivity contribution is 5.62. The quantitative estimate of drug-likeness (QED) is 0.417. The van der Waals surface area contributed by atoms with Crippen molar-refractivity contribution in [3.05, 3.63) is 87.6 Å². The molecule has 0 spiro atoms. The molecular formula is C24H19F4N3O3. The van der Waals surface area contributed by atoms with E-state index in [1.54, 1.807) is 24.3 Å². The lowest BCUT2D eigenvalue weighted by Crippen LogP contribution is -2.31. The SMILES string of the molecule is C=Cc1cc(C#N)cc(C)c1Oc1c(C(F)(F)C(F)F)ncn(Cc2ccc(OC)cc2)c1=O. The molecule has 0 aliphatic heterocycles. The summed E-state index contributed by atoms with van der Waals surface area (Å²) >= 11 is 0. The van der Waals surface area contributed by atoms with Gasteiger partial charge in [0.25, 0.3) is 5.56 Å². The van der Waals surface area contributed by atoms with Crippen LogP contribution in [0.25, 0.3) is 6.08 Å². The van der Waals surface area contributed by atoms with E-state index in [0.29, 0.717) is 16.9 Å². The summed E-state index contributed by atoms with van der Waals surface area (Å²) in [4.78, 5) is 16.6. The predicted octanol–water partition coefficient (Wildman–Crippen LogP) is 5.27. The summed E-state index contributed by atoms with van der Waals surface area (Å²) in [5.41, 5.74) is -1.21. The van der Waals surface area contributed by atoms with Crippen LogP contribution in [-0.4, -0.2) is 23.1 Å². The van der Waals surface area contributed by atoms with E-state index >= 15 is 0 Å². The van der Waals surface area contributed by atoms with Crippen molar-refractivity contribution < 1.29 is 27.0 Å². The molecule has 34 heavy (non-hydrogen) atoms. The summed E-state index contributed by atoms with van der Waals surface area (Å²) in [7, 11) is 1.48. The van der Waals surface area contributed by atoms with Crippen molar-refractivity contribution in [1.29, 1.82) is 5.26 Å². The van der Waals surface area contributed by atoms with E-state index in [1.165, 1.54) is 32.2 Å². The normalized spacial score (nSPS) is 11.2. The first-order valence-corrected chi connectivity index (χ1v) is 9.86. The molecule has 0 saturated heterocycles. The Bertz CT molecular complexity index is 1310. The molecule has 0 atom stereocenters. The van der Waals surface area contributed by atoms with Crippen LogP contribution in [0.3, 0.4) is 0 Å². The van der Waals surface area contributed by atoms with Gasteiger partial charge in [0, 0.05) is 5.56 Å². The summed E-state index contributed by atoms with van der Waals surface area (Å²) < 4.78 is 66.6. The van der Waals surface area contributed by atoms with Crippen LogP contribution in [0.15, 0.2) is 54.1 Å². The van der Waals surface area contributed by atoms with Crippen LogP contribution < -0.4 is 15.0 Å². The Balaban J connectivity index is 2.16. The van der Waals surface area contributed by atoms with Crippen molar-refractivity contribution in [1.82, 2.24) is 9.55 Å². The van der Waals surface area contributed by atoms with E-state index in [-0.39, 0.29) is 23.4 Å². The van der Waals surface area contributed by atoms with Gasteiger partial charge in [-0.15, -0.1) is 0 Å². The number of hydrogen-bond acceptors (Lipinski definition) is 5. The molecule has 1 heterocycles. The minimum Gasteiger partial charge on any atom is -0.497 e. The number of nitriles is 1. The summed E-state index contributed by atoms with van der Waals surface area (Å²) in [6, 6.07) is 11.3. The van der Waals surface area contributed by atoms with Crippen molar-refractivity contribution in [3.63, 3.8) is 0 Å².